The number of benzene rings is 1. The van der Waals surface area contributed by atoms with Gasteiger partial charge < -0.3 is 14.6 Å². The van der Waals surface area contributed by atoms with E-state index in [0.717, 1.165) is 17.3 Å². The summed E-state index contributed by atoms with van der Waals surface area (Å²) in [7, 11) is -1.92. The molecule has 1 N–H and O–H groups in total. The lowest BCUT2D eigenvalue weighted by Gasteiger charge is -2.10. The number of carbonyl (C=O) groups is 2. The minimum Gasteiger partial charge on any atom is -0.466 e. The number of hydrogen-bond acceptors (Lipinski definition) is 10. The van der Waals surface area contributed by atoms with Crippen LogP contribution in [0.1, 0.15) is 30.9 Å². The van der Waals surface area contributed by atoms with Gasteiger partial charge in [-0.25, -0.2) is 13.4 Å². The van der Waals surface area contributed by atoms with Crippen LogP contribution in [0.3, 0.4) is 0 Å². The lowest BCUT2D eigenvalue weighted by atomic mass is 10.2. The fraction of sp³-hybridized carbons (Fsp3) is 0.381. The Morgan fingerprint density at radius 1 is 1.24 bits per heavy atom. The quantitative estimate of drug-likeness (QED) is 0.314. The van der Waals surface area contributed by atoms with Crippen molar-refractivity contribution in [2.24, 2.45) is 7.05 Å². The number of ether oxygens (including phenoxy) is 1. The Morgan fingerprint density at radius 2 is 1.94 bits per heavy atom. The van der Waals surface area contributed by atoms with Crippen molar-refractivity contribution in [3.63, 3.8) is 0 Å². The van der Waals surface area contributed by atoms with Crippen LogP contribution >= 0.6 is 23.1 Å². The highest BCUT2D eigenvalue weighted by molar-refractivity contribution is 8.00. The minimum absolute atomic E-state index is 0.0394. The molecule has 0 spiro atoms. The second-order valence-corrected chi connectivity index (χ2v) is 11.6. The number of amides is 1. The van der Waals surface area contributed by atoms with E-state index in [2.05, 4.69) is 20.5 Å². The standard InChI is InChI=1S/C21H25N5O5S3/c1-5-31-18(27)10-15-11-32-20(22-15)23-19(28)14(3)33-21-25-24-17(26(21)4)12-34(29,30)16-8-6-13(2)7-9-16/h6-9,11,14H,5,10,12H2,1-4H3,(H,22,23,28). The molecule has 0 aliphatic carbocycles. The average molecular weight is 524 g/mol. The first-order valence-electron chi connectivity index (χ1n) is 10.3. The summed E-state index contributed by atoms with van der Waals surface area (Å²) in [5, 5.41) is 12.7. The van der Waals surface area contributed by atoms with E-state index in [4.69, 9.17) is 4.74 Å². The van der Waals surface area contributed by atoms with Crippen LogP contribution in [0.25, 0.3) is 0 Å². The summed E-state index contributed by atoms with van der Waals surface area (Å²) in [4.78, 5) is 28.6. The van der Waals surface area contributed by atoms with E-state index in [1.807, 2.05) is 6.92 Å². The third-order valence-corrected chi connectivity index (χ3v) is 8.26. The number of nitrogens with zero attached hydrogens (tertiary/aromatic N) is 4. The van der Waals surface area contributed by atoms with E-state index in [1.54, 1.807) is 55.1 Å². The van der Waals surface area contributed by atoms with Gasteiger partial charge in [0.25, 0.3) is 0 Å². The van der Waals surface area contributed by atoms with Gasteiger partial charge in [-0.2, -0.15) is 0 Å². The van der Waals surface area contributed by atoms with Crippen LogP contribution < -0.4 is 5.32 Å². The zero-order chi connectivity index (χ0) is 24.9. The van der Waals surface area contributed by atoms with Crippen molar-refractivity contribution in [3.8, 4) is 0 Å². The molecule has 10 nitrogen and oxygen atoms in total. The van der Waals surface area contributed by atoms with Gasteiger partial charge in [0.1, 0.15) is 11.6 Å². The Morgan fingerprint density at radius 3 is 2.62 bits per heavy atom. The number of nitrogens with one attached hydrogen (secondary N) is 1. The molecular formula is C21H25N5O5S3. The van der Waals surface area contributed by atoms with E-state index < -0.39 is 15.1 Å². The third-order valence-electron chi connectivity index (χ3n) is 4.69. The van der Waals surface area contributed by atoms with Crippen LogP contribution in [-0.4, -0.2) is 51.9 Å². The highest BCUT2D eigenvalue weighted by Crippen LogP contribution is 2.25. The number of hydrogen-bond donors (Lipinski definition) is 1. The monoisotopic (exact) mass is 523 g/mol. The molecule has 34 heavy (non-hydrogen) atoms. The van der Waals surface area contributed by atoms with Crippen LogP contribution in [0.5, 0.6) is 0 Å². The normalized spacial score (nSPS) is 12.4. The van der Waals surface area contributed by atoms with Gasteiger partial charge in [0.2, 0.25) is 5.91 Å². The first-order valence-corrected chi connectivity index (χ1v) is 13.8. The van der Waals surface area contributed by atoms with Crippen molar-refractivity contribution in [2.75, 3.05) is 11.9 Å². The van der Waals surface area contributed by atoms with E-state index in [-0.39, 0.29) is 34.8 Å². The molecule has 1 unspecified atom stereocenters. The molecule has 182 valence electrons. The Labute approximate surface area is 206 Å². The molecule has 2 aromatic heterocycles. The van der Waals surface area contributed by atoms with E-state index in [1.165, 1.54) is 11.3 Å². The summed E-state index contributed by atoms with van der Waals surface area (Å²) in [5.74, 6) is -0.710. The summed E-state index contributed by atoms with van der Waals surface area (Å²) in [5.41, 5.74) is 1.49. The molecular weight excluding hydrogens is 498 g/mol. The van der Waals surface area contributed by atoms with E-state index in [9.17, 15) is 18.0 Å². The Bertz CT molecular complexity index is 1270. The van der Waals surface area contributed by atoms with Gasteiger partial charge in [0.05, 0.1) is 28.9 Å². The van der Waals surface area contributed by atoms with Gasteiger partial charge in [-0.3, -0.25) is 9.59 Å². The predicted octanol–water partition coefficient (Wildman–Crippen LogP) is 2.78. The summed E-state index contributed by atoms with van der Waals surface area (Å²) >= 11 is 2.37. The zero-order valence-electron chi connectivity index (χ0n) is 19.1. The van der Waals surface area contributed by atoms with Gasteiger partial charge in [0, 0.05) is 12.4 Å². The van der Waals surface area contributed by atoms with Gasteiger partial charge in [-0.05, 0) is 32.9 Å². The molecule has 3 aromatic rings. The predicted molar refractivity (Wildman–Crippen MR) is 129 cm³/mol. The van der Waals surface area contributed by atoms with Crippen LogP contribution in [-0.2, 0) is 43.4 Å². The molecule has 0 fully saturated rings. The van der Waals surface area contributed by atoms with Gasteiger partial charge in [-0.15, -0.1) is 21.5 Å². The molecule has 0 saturated carbocycles. The molecule has 0 saturated heterocycles. The van der Waals surface area contributed by atoms with Crippen LogP contribution in [0.4, 0.5) is 5.13 Å². The second kappa shape index (κ2) is 11.1. The maximum atomic E-state index is 12.7. The molecule has 13 heteroatoms. The minimum atomic E-state index is -3.59. The molecule has 0 aliphatic rings. The highest BCUT2D eigenvalue weighted by Gasteiger charge is 2.23. The summed E-state index contributed by atoms with van der Waals surface area (Å²) in [6, 6.07) is 6.63. The third kappa shape index (κ3) is 6.64. The molecule has 1 atom stereocenters. The average Bonchev–Trinajstić information content (AvgIpc) is 3.35. The second-order valence-electron chi connectivity index (χ2n) is 7.41. The first kappa shape index (κ1) is 25.8. The topological polar surface area (TPSA) is 133 Å². The fourth-order valence-corrected chi connectivity index (χ4v) is 5.65. The van der Waals surface area contributed by atoms with E-state index >= 15 is 0 Å². The van der Waals surface area contributed by atoms with Gasteiger partial charge in [0.15, 0.2) is 20.1 Å². The number of thioether (sulfide) groups is 1. The molecule has 3 rings (SSSR count). The fourth-order valence-electron chi connectivity index (χ4n) is 2.80. The Hall–Kier alpha value is -2.77. The number of aromatic nitrogens is 4. The lowest BCUT2D eigenvalue weighted by molar-refractivity contribution is -0.142. The highest BCUT2D eigenvalue weighted by atomic mass is 32.2. The van der Waals surface area contributed by atoms with Crippen molar-refractivity contribution >= 4 is 49.9 Å². The molecule has 0 aliphatic heterocycles. The molecule has 0 radical (unpaired) electrons. The van der Waals surface area contributed by atoms with Crippen molar-refractivity contribution in [2.45, 2.75) is 48.2 Å². The number of carbonyl (C=O) groups excluding carboxylic acids is 2. The number of sulfone groups is 1. The SMILES string of the molecule is CCOC(=O)Cc1csc(NC(=O)C(C)Sc2nnc(CS(=O)(=O)c3ccc(C)cc3)n2C)n1. The molecule has 0 bridgehead atoms. The van der Waals surface area contributed by atoms with Crippen molar-refractivity contribution in [1.82, 2.24) is 19.7 Å². The Kier molecular flexibility index (Phi) is 8.44. The zero-order valence-corrected chi connectivity index (χ0v) is 21.6. The first-order chi connectivity index (χ1) is 16.1. The van der Waals surface area contributed by atoms with Crippen molar-refractivity contribution in [3.05, 3.63) is 46.7 Å². The van der Waals surface area contributed by atoms with Crippen LogP contribution in [0, 0.1) is 6.92 Å². The van der Waals surface area contributed by atoms with Crippen LogP contribution in [0.15, 0.2) is 39.7 Å². The number of rotatable bonds is 10. The summed E-state index contributed by atoms with van der Waals surface area (Å²) in [6.45, 7) is 5.61. The largest absolute Gasteiger partial charge is 0.466 e. The van der Waals surface area contributed by atoms with Crippen molar-refractivity contribution < 1.29 is 22.7 Å². The molecule has 1 aromatic carbocycles. The molecule has 2 heterocycles. The van der Waals surface area contributed by atoms with Gasteiger partial charge in [-0.1, -0.05) is 29.5 Å². The van der Waals surface area contributed by atoms with Gasteiger partial charge >= 0.3 is 5.97 Å². The number of anilines is 1. The Balaban J connectivity index is 1.61. The van der Waals surface area contributed by atoms with E-state index in [0.29, 0.717) is 22.6 Å². The van der Waals surface area contributed by atoms with Crippen LogP contribution in [0.2, 0.25) is 0 Å². The van der Waals surface area contributed by atoms with Crippen molar-refractivity contribution in [1.29, 1.82) is 0 Å². The lowest BCUT2D eigenvalue weighted by Crippen LogP contribution is -2.23. The maximum absolute atomic E-state index is 12.7. The summed E-state index contributed by atoms with van der Waals surface area (Å²) < 4.78 is 31.9. The maximum Gasteiger partial charge on any atom is 0.311 e. The molecule has 1 amide bonds. The number of aryl methyl sites for hydroxylation is 1. The smallest absolute Gasteiger partial charge is 0.311 e. The number of thiazole rings is 1. The summed E-state index contributed by atoms with van der Waals surface area (Å²) in [6.07, 6.45) is 0.0394. The number of esters is 1.